The van der Waals surface area contributed by atoms with E-state index in [2.05, 4.69) is 26.6 Å². The van der Waals surface area contributed by atoms with Gasteiger partial charge in [-0.15, -0.1) is 0 Å². The summed E-state index contributed by atoms with van der Waals surface area (Å²) in [6.07, 6.45) is -0.129. The van der Waals surface area contributed by atoms with Crippen LogP contribution in [-0.2, 0) is 36.9 Å². The van der Waals surface area contributed by atoms with Crippen molar-refractivity contribution < 1.29 is 33.8 Å². The zero-order chi connectivity index (χ0) is 33.2. The van der Waals surface area contributed by atoms with E-state index in [4.69, 9.17) is 15.9 Å². The van der Waals surface area contributed by atoms with Crippen molar-refractivity contribution >= 4 is 35.7 Å². The van der Waals surface area contributed by atoms with E-state index in [1.54, 1.807) is 54.6 Å². The summed E-state index contributed by atoms with van der Waals surface area (Å²) in [5.74, 6) is -3.53. The molecule has 4 amide bonds. The van der Waals surface area contributed by atoms with Gasteiger partial charge in [0.05, 0.1) is 0 Å². The first-order chi connectivity index (χ1) is 21.4. The monoisotopic (exact) mass is 625 g/mol. The number of carboxylic acids is 1. The molecule has 0 heterocycles. The highest BCUT2D eigenvalue weighted by Gasteiger charge is 2.30. The fourth-order valence-corrected chi connectivity index (χ4v) is 4.27. The minimum atomic E-state index is -1.25. The summed E-state index contributed by atoms with van der Waals surface area (Å²) in [7, 11) is 0. The van der Waals surface area contributed by atoms with Crippen LogP contribution in [0.25, 0.3) is 0 Å². The normalized spacial score (nSPS) is 12.6. The molecular weight excluding hydrogens is 582 g/mol. The van der Waals surface area contributed by atoms with Crippen molar-refractivity contribution in [1.29, 1.82) is 5.41 Å². The number of amides is 4. The number of carbonyl (C=O) groups excluding carboxylic acids is 4. The summed E-state index contributed by atoms with van der Waals surface area (Å²) in [6, 6.07) is 14.5. The van der Waals surface area contributed by atoms with E-state index < -0.39 is 54.5 Å². The first kappa shape index (κ1) is 36.1. The van der Waals surface area contributed by atoms with Gasteiger partial charge in [-0.25, -0.2) is 9.59 Å². The predicted molar refractivity (Wildman–Crippen MR) is 167 cm³/mol. The Morgan fingerprint density at radius 2 is 1.40 bits per heavy atom. The van der Waals surface area contributed by atoms with Crippen LogP contribution in [0.1, 0.15) is 44.2 Å². The molecule has 0 aromatic heterocycles. The van der Waals surface area contributed by atoms with E-state index >= 15 is 0 Å². The Labute approximate surface area is 262 Å². The van der Waals surface area contributed by atoms with Gasteiger partial charge in [-0.3, -0.25) is 19.8 Å². The first-order valence-electron chi connectivity index (χ1n) is 14.6. The Balaban J connectivity index is 2.06. The molecule has 0 saturated heterocycles. The fraction of sp³-hybridized carbons (Fsp3) is 0.419. The van der Waals surface area contributed by atoms with Gasteiger partial charge >= 0.3 is 12.1 Å². The molecular formula is C31H43N7O7. The van der Waals surface area contributed by atoms with Crippen molar-refractivity contribution in [1.82, 2.24) is 26.6 Å². The second-order valence-electron chi connectivity index (χ2n) is 10.8. The number of alkyl carbamates (subject to hydrolysis) is 1. The first-order valence-corrected chi connectivity index (χ1v) is 14.6. The van der Waals surface area contributed by atoms with Gasteiger partial charge in [0, 0.05) is 13.0 Å². The van der Waals surface area contributed by atoms with Crippen LogP contribution in [0, 0.1) is 11.3 Å². The zero-order valence-corrected chi connectivity index (χ0v) is 25.5. The molecule has 0 unspecified atom stereocenters. The number of nitrogens with two attached hydrogens (primary N) is 1. The van der Waals surface area contributed by atoms with Gasteiger partial charge < -0.3 is 42.2 Å². The molecule has 14 heteroatoms. The van der Waals surface area contributed by atoms with Crippen LogP contribution in [0.5, 0.6) is 0 Å². The molecule has 0 spiro atoms. The number of ether oxygens (including phenoxy) is 1. The van der Waals surface area contributed by atoms with Crippen LogP contribution >= 0.6 is 0 Å². The highest BCUT2D eigenvalue weighted by molar-refractivity contribution is 5.94. The SMILES string of the molecule is CC(C)C[C@H](NC(=O)[C@H](Cc1ccccc1)NC(=O)CNC(=O)OCc1ccccc1)C(=O)N[C@@H](CCCNC(=N)N)C(=O)O. The molecule has 14 nitrogen and oxygen atoms in total. The maximum absolute atomic E-state index is 13.5. The smallest absolute Gasteiger partial charge is 0.407 e. The summed E-state index contributed by atoms with van der Waals surface area (Å²) in [5.41, 5.74) is 6.76. The van der Waals surface area contributed by atoms with E-state index in [0.717, 1.165) is 11.1 Å². The van der Waals surface area contributed by atoms with Gasteiger partial charge in [0.25, 0.3) is 0 Å². The van der Waals surface area contributed by atoms with E-state index in [-0.39, 0.29) is 44.3 Å². The lowest BCUT2D eigenvalue weighted by Crippen LogP contribution is -2.57. The largest absolute Gasteiger partial charge is 0.480 e. The molecule has 45 heavy (non-hydrogen) atoms. The lowest BCUT2D eigenvalue weighted by Gasteiger charge is -2.25. The molecule has 9 N–H and O–H groups in total. The number of hydrogen-bond acceptors (Lipinski definition) is 7. The molecule has 0 aliphatic rings. The molecule has 2 aromatic rings. The number of aliphatic carboxylic acids is 1. The quantitative estimate of drug-likeness (QED) is 0.0671. The molecule has 0 fully saturated rings. The van der Waals surface area contributed by atoms with Gasteiger partial charge in [0.15, 0.2) is 5.96 Å². The van der Waals surface area contributed by atoms with Crippen LogP contribution in [-0.4, -0.2) is 72.1 Å². The Bertz CT molecular complexity index is 1280. The van der Waals surface area contributed by atoms with Crippen molar-refractivity contribution in [3.63, 3.8) is 0 Å². The molecule has 244 valence electrons. The van der Waals surface area contributed by atoms with E-state index in [1.807, 2.05) is 19.9 Å². The minimum absolute atomic E-state index is 0.0185. The number of guanidine groups is 1. The van der Waals surface area contributed by atoms with Crippen LogP contribution < -0.4 is 32.3 Å². The lowest BCUT2D eigenvalue weighted by molar-refractivity contribution is -0.142. The topological polar surface area (TPSA) is 225 Å². The number of carbonyl (C=O) groups is 5. The third-order valence-corrected chi connectivity index (χ3v) is 6.48. The number of benzene rings is 2. The van der Waals surface area contributed by atoms with Crippen LogP contribution in [0.4, 0.5) is 4.79 Å². The average Bonchev–Trinajstić information content (AvgIpc) is 3.00. The van der Waals surface area contributed by atoms with E-state index in [9.17, 15) is 29.1 Å². The van der Waals surface area contributed by atoms with Crippen molar-refractivity contribution in [3.8, 4) is 0 Å². The van der Waals surface area contributed by atoms with Gasteiger partial charge in [-0.1, -0.05) is 74.5 Å². The molecule has 0 saturated carbocycles. The summed E-state index contributed by atoms with van der Waals surface area (Å²) < 4.78 is 5.12. The lowest BCUT2D eigenvalue weighted by atomic mass is 10.0. The average molecular weight is 626 g/mol. The number of nitrogens with one attached hydrogen (secondary N) is 6. The number of hydrogen-bond donors (Lipinski definition) is 8. The third-order valence-electron chi connectivity index (χ3n) is 6.48. The van der Waals surface area contributed by atoms with Gasteiger partial charge in [-0.2, -0.15) is 0 Å². The van der Waals surface area contributed by atoms with Crippen LogP contribution in [0.3, 0.4) is 0 Å². The Hall–Kier alpha value is -5.14. The summed E-state index contributed by atoms with van der Waals surface area (Å²) in [4.78, 5) is 63.4. The van der Waals surface area contributed by atoms with Crippen LogP contribution in [0.15, 0.2) is 60.7 Å². The molecule has 0 aliphatic carbocycles. The number of carboxylic acid groups (broad SMARTS) is 1. The predicted octanol–water partition coefficient (Wildman–Crippen LogP) is 1.00. The van der Waals surface area contributed by atoms with Crippen molar-refractivity contribution in [2.75, 3.05) is 13.1 Å². The van der Waals surface area contributed by atoms with E-state index in [0.29, 0.717) is 6.42 Å². The fourth-order valence-electron chi connectivity index (χ4n) is 4.27. The zero-order valence-electron chi connectivity index (χ0n) is 25.5. The molecule has 2 aromatic carbocycles. The van der Waals surface area contributed by atoms with Crippen molar-refractivity contribution in [2.24, 2.45) is 11.7 Å². The highest BCUT2D eigenvalue weighted by atomic mass is 16.5. The van der Waals surface area contributed by atoms with Gasteiger partial charge in [0.1, 0.15) is 31.3 Å². The third kappa shape index (κ3) is 14.7. The molecule has 0 bridgehead atoms. The van der Waals surface area contributed by atoms with Crippen LogP contribution in [0.2, 0.25) is 0 Å². The van der Waals surface area contributed by atoms with Crippen molar-refractivity contribution in [3.05, 3.63) is 71.8 Å². The number of rotatable bonds is 18. The Morgan fingerprint density at radius 3 is 1.98 bits per heavy atom. The summed E-state index contributed by atoms with van der Waals surface area (Å²) in [6.45, 7) is 3.51. The maximum atomic E-state index is 13.5. The minimum Gasteiger partial charge on any atom is -0.480 e. The van der Waals surface area contributed by atoms with Gasteiger partial charge in [0.2, 0.25) is 17.7 Å². The standard InChI is InChI=1S/C31H43N7O7/c1-20(2)16-24(27(40)37-23(29(42)43)14-9-15-34-30(32)33)38-28(41)25(17-21-10-5-3-6-11-21)36-26(39)18-35-31(44)45-19-22-12-7-4-8-13-22/h3-8,10-13,20,23-25H,9,14-19H2,1-2H3,(H,35,44)(H,36,39)(H,37,40)(H,38,41)(H,42,43)(H4,32,33,34)/t23-,24-,25-/m0/s1. The molecule has 0 radical (unpaired) electrons. The van der Waals surface area contributed by atoms with E-state index in [1.165, 1.54) is 0 Å². The van der Waals surface area contributed by atoms with Crippen molar-refractivity contribution in [2.45, 2.75) is 64.3 Å². The molecule has 3 atom stereocenters. The summed E-state index contributed by atoms with van der Waals surface area (Å²) in [5, 5.41) is 29.5. The molecule has 2 rings (SSSR count). The molecule has 0 aliphatic heterocycles. The second kappa shape index (κ2) is 19.2. The van der Waals surface area contributed by atoms with Gasteiger partial charge in [-0.05, 0) is 36.3 Å². The maximum Gasteiger partial charge on any atom is 0.407 e. The summed E-state index contributed by atoms with van der Waals surface area (Å²) >= 11 is 0. The Morgan fingerprint density at radius 1 is 0.822 bits per heavy atom. The second-order valence-corrected chi connectivity index (χ2v) is 10.8. The highest BCUT2D eigenvalue weighted by Crippen LogP contribution is 2.09. The Kier molecular flexibility index (Phi) is 15.4.